The number of rotatable bonds is 5. The Bertz CT molecular complexity index is 296. The summed E-state index contributed by atoms with van der Waals surface area (Å²) in [4.78, 5) is 12.2. The molecule has 2 aliphatic rings. The van der Waals surface area contributed by atoms with Gasteiger partial charge < -0.3 is 15.4 Å². The predicted octanol–water partition coefficient (Wildman–Crippen LogP) is 1.70. The summed E-state index contributed by atoms with van der Waals surface area (Å²) in [5, 5.41) is 6.46. The van der Waals surface area contributed by atoms with Crippen molar-refractivity contribution < 1.29 is 9.53 Å². The van der Waals surface area contributed by atoms with Crippen LogP contribution in [0.5, 0.6) is 0 Å². The van der Waals surface area contributed by atoms with E-state index in [4.69, 9.17) is 4.74 Å². The van der Waals surface area contributed by atoms with Gasteiger partial charge in [-0.15, -0.1) is 0 Å². The minimum atomic E-state index is 0.0149. The van der Waals surface area contributed by atoms with Crippen molar-refractivity contribution in [2.45, 2.75) is 58.1 Å². The number of carbonyl (C=O) groups is 1. The zero-order valence-electron chi connectivity index (χ0n) is 12.3. The molecule has 4 unspecified atom stereocenters. The first-order valence-electron chi connectivity index (χ1n) is 7.87. The number of ether oxygens (including phenoxy) is 1. The van der Waals surface area contributed by atoms with Crippen LogP contribution in [0.3, 0.4) is 0 Å². The largest absolute Gasteiger partial charge is 0.378 e. The molecular weight excluding hydrogens is 240 g/mol. The summed E-state index contributed by atoms with van der Waals surface area (Å²) in [7, 11) is 0. The Labute approximate surface area is 116 Å². The molecule has 0 bridgehead atoms. The molecule has 2 saturated heterocycles. The first kappa shape index (κ1) is 14.8. The summed E-state index contributed by atoms with van der Waals surface area (Å²) >= 11 is 0. The van der Waals surface area contributed by atoms with Crippen molar-refractivity contribution >= 4 is 5.91 Å². The van der Waals surface area contributed by atoms with Gasteiger partial charge in [0.05, 0.1) is 12.1 Å². The summed E-state index contributed by atoms with van der Waals surface area (Å²) in [5.41, 5.74) is 0. The van der Waals surface area contributed by atoms with Gasteiger partial charge in [0.1, 0.15) is 0 Å². The van der Waals surface area contributed by atoms with Gasteiger partial charge >= 0.3 is 0 Å². The predicted molar refractivity (Wildman–Crippen MR) is 76.0 cm³/mol. The van der Waals surface area contributed by atoms with E-state index in [0.717, 1.165) is 39.0 Å². The third-order valence-corrected chi connectivity index (χ3v) is 4.69. The van der Waals surface area contributed by atoms with E-state index in [9.17, 15) is 4.79 Å². The summed E-state index contributed by atoms with van der Waals surface area (Å²) in [5.74, 6) is 1.38. The van der Waals surface area contributed by atoms with Gasteiger partial charge in [-0.05, 0) is 38.1 Å². The fourth-order valence-corrected chi connectivity index (χ4v) is 3.30. The zero-order chi connectivity index (χ0) is 13.7. The van der Waals surface area contributed by atoms with Gasteiger partial charge in [0.2, 0.25) is 5.91 Å². The SMILES string of the molecule is CCC1CCNC(C(=O)NCC2CCOC2CC)C1. The van der Waals surface area contributed by atoms with Crippen LogP contribution in [0, 0.1) is 11.8 Å². The molecule has 0 aromatic heterocycles. The summed E-state index contributed by atoms with van der Waals surface area (Å²) in [6.07, 6.45) is 5.83. The number of piperidine rings is 1. The van der Waals surface area contributed by atoms with E-state index in [0.29, 0.717) is 17.9 Å². The van der Waals surface area contributed by atoms with E-state index in [1.807, 2.05) is 0 Å². The maximum absolute atomic E-state index is 12.2. The Balaban J connectivity index is 1.74. The molecule has 0 aromatic rings. The van der Waals surface area contributed by atoms with Crippen LogP contribution in [0.25, 0.3) is 0 Å². The molecule has 4 atom stereocenters. The van der Waals surface area contributed by atoms with E-state index >= 15 is 0 Å². The van der Waals surface area contributed by atoms with E-state index in [1.165, 1.54) is 12.8 Å². The second kappa shape index (κ2) is 7.25. The van der Waals surface area contributed by atoms with E-state index in [2.05, 4.69) is 24.5 Å². The first-order chi connectivity index (χ1) is 9.24. The van der Waals surface area contributed by atoms with Gasteiger partial charge in [-0.25, -0.2) is 0 Å². The normalized spacial score (nSPS) is 35.3. The Morgan fingerprint density at radius 2 is 2.16 bits per heavy atom. The van der Waals surface area contributed by atoms with Crippen molar-refractivity contribution in [3.63, 3.8) is 0 Å². The van der Waals surface area contributed by atoms with Crippen LogP contribution < -0.4 is 10.6 Å². The summed E-state index contributed by atoms with van der Waals surface area (Å²) < 4.78 is 5.66. The Morgan fingerprint density at radius 1 is 1.32 bits per heavy atom. The molecule has 2 fully saturated rings. The Morgan fingerprint density at radius 3 is 2.89 bits per heavy atom. The topological polar surface area (TPSA) is 50.4 Å². The molecule has 2 N–H and O–H groups in total. The summed E-state index contributed by atoms with van der Waals surface area (Å²) in [6.45, 7) is 6.96. The van der Waals surface area contributed by atoms with Gasteiger partial charge in [-0.1, -0.05) is 20.3 Å². The lowest BCUT2D eigenvalue weighted by atomic mass is 9.90. The molecule has 0 spiro atoms. The standard InChI is InChI=1S/C15H28N2O2/c1-3-11-5-7-16-13(9-11)15(18)17-10-12-6-8-19-14(12)4-2/h11-14,16H,3-10H2,1-2H3,(H,17,18). The quantitative estimate of drug-likeness (QED) is 0.798. The molecule has 19 heavy (non-hydrogen) atoms. The van der Waals surface area contributed by atoms with Crippen LogP contribution in [-0.4, -0.2) is 37.7 Å². The average molecular weight is 268 g/mol. The number of nitrogens with one attached hydrogen (secondary N) is 2. The highest BCUT2D eigenvalue weighted by atomic mass is 16.5. The Hall–Kier alpha value is -0.610. The second-order valence-electron chi connectivity index (χ2n) is 5.92. The molecule has 110 valence electrons. The van der Waals surface area contributed by atoms with Gasteiger partial charge in [0, 0.05) is 19.1 Å². The van der Waals surface area contributed by atoms with Gasteiger partial charge in [-0.2, -0.15) is 0 Å². The van der Waals surface area contributed by atoms with Gasteiger partial charge in [0.15, 0.2) is 0 Å². The van der Waals surface area contributed by atoms with Crippen molar-refractivity contribution in [3.8, 4) is 0 Å². The number of hydrogen-bond donors (Lipinski definition) is 2. The Kier molecular flexibility index (Phi) is 5.64. The van der Waals surface area contributed by atoms with Crippen molar-refractivity contribution in [1.82, 2.24) is 10.6 Å². The molecule has 1 amide bonds. The number of amides is 1. The second-order valence-corrected chi connectivity index (χ2v) is 5.92. The first-order valence-corrected chi connectivity index (χ1v) is 7.87. The lowest BCUT2D eigenvalue weighted by Crippen LogP contribution is -2.49. The minimum Gasteiger partial charge on any atom is -0.378 e. The molecule has 0 radical (unpaired) electrons. The van der Waals surface area contributed by atoms with Crippen molar-refractivity contribution in [2.24, 2.45) is 11.8 Å². The van der Waals surface area contributed by atoms with Crippen molar-refractivity contribution in [2.75, 3.05) is 19.7 Å². The van der Waals surface area contributed by atoms with E-state index in [1.54, 1.807) is 0 Å². The molecular formula is C15H28N2O2. The zero-order valence-corrected chi connectivity index (χ0v) is 12.3. The van der Waals surface area contributed by atoms with Crippen molar-refractivity contribution in [3.05, 3.63) is 0 Å². The molecule has 0 aromatic carbocycles. The van der Waals surface area contributed by atoms with Crippen LogP contribution >= 0.6 is 0 Å². The van der Waals surface area contributed by atoms with Crippen molar-refractivity contribution in [1.29, 1.82) is 0 Å². The van der Waals surface area contributed by atoms with Crippen LogP contribution in [0.15, 0.2) is 0 Å². The molecule has 0 saturated carbocycles. The molecule has 2 rings (SSSR count). The lowest BCUT2D eigenvalue weighted by Gasteiger charge is -2.29. The average Bonchev–Trinajstić information content (AvgIpc) is 2.92. The highest BCUT2D eigenvalue weighted by Crippen LogP contribution is 2.23. The fourth-order valence-electron chi connectivity index (χ4n) is 3.30. The van der Waals surface area contributed by atoms with Crippen LogP contribution in [0.2, 0.25) is 0 Å². The van der Waals surface area contributed by atoms with Crippen LogP contribution in [-0.2, 0) is 9.53 Å². The molecule has 4 nitrogen and oxygen atoms in total. The fraction of sp³-hybridized carbons (Fsp3) is 0.933. The maximum Gasteiger partial charge on any atom is 0.237 e. The van der Waals surface area contributed by atoms with Gasteiger partial charge in [0.25, 0.3) is 0 Å². The van der Waals surface area contributed by atoms with Gasteiger partial charge in [-0.3, -0.25) is 4.79 Å². The monoisotopic (exact) mass is 268 g/mol. The lowest BCUT2D eigenvalue weighted by molar-refractivity contribution is -0.124. The number of carbonyl (C=O) groups excluding carboxylic acids is 1. The molecule has 4 heteroatoms. The molecule has 2 heterocycles. The van der Waals surface area contributed by atoms with E-state index in [-0.39, 0.29) is 11.9 Å². The van der Waals surface area contributed by atoms with E-state index < -0.39 is 0 Å². The third kappa shape index (κ3) is 3.93. The number of hydrogen-bond acceptors (Lipinski definition) is 3. The van der Waals surface area contributed by atoms with Crippen LogP contribution in [0.4, 0.5) is 0 Å². The maximum atomic E-state index is 12.2. The third-order valence-electron chi connectivity index (χ3n) is 4.69. The summed E-state index contributed by atoms with van der Waals surface area (Å²) in [6, 6.07) is 0.0149. The highest BCUT2D eigenvalue weighted by molar-refractivity contribution is 5.81. The minimum absolute atomic E-state index is 0.0149. The molecule has 2 aliphatic heterocycles. The smallest absolute Gasteiger partial charge is 0.237 e. The van der Waals surface area contributed by atoms with Crippen LogP contribution in [0.1, 0.15) is 46.0 Å². The molecule has 0 aliphatic carbocycles. The highest BCUT2D eigenvalue weighted by Gasteiger charge is 2.29.